The fourth-order valence-electron chi connectivity index (χ4n) is 1.04. The van der Waals surface area contributed by atoms with E-state index in [-0.39, 0.29) is 0 Å². The second-order valence-electron chi connectivity index (χ2n) is 3.93. The second kappa shape index (κ2) is 3.60. The van der Waals surface area contributed by atoms with Gasteiger partial charge in [-0.3, -0.25) is 0 Å². The summed E-state index contributed by atoms with van der Waals surface area (Å²) in [6.45, 7) is 4.47. The van der Waals surface area contributed by atoms with Crippen LogP contribution in [0.5, 0.6) is 0 Å². The number of halogens is 1. The van der Waals surface area contributed by atoms with Gasteiger partial charge in [-0.2, -0.15) is 0 Å². The van der Waals surface area contributed by atoms with Crippen molar-refractivity contribution in [3.63, 3.8) is 0 Å². The molecular weight excluding hydrogens is 216 g/mol. The van der Waals surface area contributed by atoms with Gasteiger partial charge in [0.05, 0.1) is 0 Å². The average Bonchev–Trinajstić information content (AvgIpc) is 2.36. The Labute approximate surface area is 82.1 Å². The number of hydrogen-bond acceptors (Lipinski definition) is 1. The highest BCUT2D eigenvalue weighted by Gasteiger charge is 2.18. The lowest BCUT2D eigenvalue weighted by atomic mass is 9.92. The van der Waals surface area contributed by atoms with E-state index in [4.69, 9.17) is 0 Å². The maximum atomic E-state index is 4.29. The zero-order valence-corrected chi connectivity index (χ0v) is 9.43. The van der Waals surface area contributed by atoms with Crippen molar-refractivity contribution >= 4 is 15.9 Å². The van der Waals surface area contributed by atoms with Crippen molar-refractivity contribution in [1.29, 1.82) is 0 Å². The van der Waals surface area contributed by atoms with Crippen molar-refractivity contribution in [1.82, 2.24) is 9.55 Å². The van der Waals surface area contributed by atoms with Gasteiger partial charge < -0.3 is 4.57 Å². The van der Waals surface area contributed by atoms with Gasteiger partial charge in [0.15, 0.2) is 0 Å². The topological polar surface area (TPSA) is 17.8 Å². The van der Waals surface area contributed by atoms with E-state index in [0.29, 0.717) is 5.41 Å². The van der Waals surface area contributed by atoms with Crippen LogP contribution >= 0.6 is 15.9 Å². The molecule has 3 heteroatoms. The van der Waals surface area contributed by atoms with Crippen LogP contribution in [0.1, 0.15) is 19.7 Å². The van der Waals surface area contributed by atoms with E-state index in [0.717, 1.165) is 17.6 Å². The van der Waals surface area contributed by atoms with Crippen molar-refractivity contribution in [3.05, 3.63) is 18.2 Å². The van der Waals surface area contributed by atoms with Crippen LogP contribution in [0.4, 0.5) is 0 Å². The van der Waals surface area contributed by atoms with Gasteiger partial charge in [0.25, 0.3) is 0 Å². The first kappa shape index (κ1) is 9.78. The molecule has 0 saturated heterocycles. The third-order valence-electron chi connectivity index (χ3n) is 1.92. The molecule has 1 aromatic heterocycles. The normalized spacial score (nSPS) is 12.0. The van der Waals surface area contributed by atoms with Crippen molar-refractivity contribution < 1.29 is 0 Å². The van der Waals surface area contributed by atoms with Gasteiger partial charge in [-0.05, 0) is 5.41 Å². The fraction of sp³-hybridized carbons (Fsp3) is 0.667. The second-order valence-corrected chi connectivity index (χ2v) is 4.49. The number of aromatic nitrogens is 2. The molecule has 2 nitrogen and oxygen atoms in total. The summed E-state index contributed by atoms with van der Waals surface area (Å²) in [6, 6.07) is 0. The third kappa shape index (κ3) is 2.34. The minimum absolute atomic E-state index is 0.291. The van der Waals surface area contributed by atoms with Gasteiger partial charge in [-0.15, -0.1) is 0 Å². The van der Waals surface area contributed by atoms with Crippen LogP contribution in [0.3, 0.4) is 0 Å². The van der Waals surface area contributed by atoms with Crippen LogP contribution < -0.4 is 0 Å². The first-order valence-corrected chi connectivity index (χ1v) is 5.19. The molecule has 12 heavy (non-hydrogen) atoms. The van der Waals surface area contributed by atoms with Crippen molar-refractivity contribution in [2.45, 2.75) is 20.3 Å². The largest absolute Gasteiger partial charge is 0.338 e. The van der Waals surface area contributed by atoms with E-state index in [2.05, 4.69) is 39.3 Å². The molecule has 0 aromatic carbocycles. The molecule has 68 valence electrons. The van der Waals surface area contributed by atoms with Crippen LogP contribution in [-0.2, 0) is 13.5 Å². The predicted molar refractivity (Wildman–Crippen MR) is 54.5 cm³/mol. The van der Waals surface area contributed by atoms with Gasteiger partial charge in [0.1, 0.15) is 5.82 Å². The van der Waals surface area contributed by atoms with E-state index >= 15 is 0 Å². The molecule has 0 spiro atoms. The van der Waals surface area contributed by atoms with Gasteiger partial charge >= 0.3 is 0 Å². The molecule has 1 rings (SSSR count). The zero-order valence-electron chi connectivity index (χ0n) is 7.84. The van der Waals surface area contributed by atoms with Gasteiger partial charge in [0, 0.05) is 31.2 Å². The number of nitrogens with zero attached hydrogens (tertiary/aromatic N) is 2. The molecule has 1 aromatic rings. The van der Waals surface area contributed by atoms with Crippen LogP contribution in [-0.4, -0.2) is 14.9 Å². The van der Waals surface area contributed by atoms with Crippen LogP contribution in [0.2, 0.25) is 0 Å². The van der Waals surface area contributed by atoms with Gasteiger partial charge in [-0.25, -0.2) is 4.98 Å². The Kier molecular flexibility index (Phi) is 2.94. The van der Waals surface area contributed by atoms with E-state index in [9.17, 15) is 0 Å². The van der Waals surface area contributed by atoms with E-state index in [1.54, 1.807) is 0 Å². The number of rotatable bonds is 3. The first-order chi connectivity index (χ1) is 5.55. The maximum Gasteiger partial charge on any atom is 0.108 e. The molecule has 0 aliphatic carbocycles. The van der Waals surface area contributed by atoms with E-state index in [1.165, 1.54) is 0 Å². The summed E-state index contributed by atoms with van der Waals surface area (Å²) in [5, 5.41) is 1.01. The molecule has 0 unspecified atom stereocenters. The Morgan fingerprint density at radius 3 is 2.67 bits per heavy atom. The summed E-state index contributed by atoms with van der Waals surface area (Å²) in [5.74, 6) is 1.15. The SMILES string of the molecule is Cn1ccnc1CC(C)(C)CBr. The molecule has 0 atom stereocenters. The summed E-state index contributed by atoms with van der Waals surface area (Å²) < 4.78 is 2.07. The number of hydrogen-bond donors (Lipinski definition) is 0. The standard InChI is InChI=1S/C9H15BrN2/c1-9(2,7-10)6-8-11-4-5-12(8)3/h4-5H,6-7H2,1-3H3. The fourth-order valence-corrected chi connectivity index (χ4v) is 1.24. The summed E-state index contributed by atoms with van der Waals surface area (Å²) in [4.78, 5) is 4.29. The number of alkyl halides is 1. The monoisotopic (exact) mass is 230 g/mol. The average molecular weight is 231 g/mol. The Balaban J connectivity index is 2.70. The lowest BCUT2D eigenvalue weighted by molar-refractivity contribution is 0.408. The van der Waals surface area contributed by atoms with Crippen LogP contribution in [0.15, 0.2) is 12.4 Å². The van der Waals surface area contributed by atoms with Crippen molar-refractivity contribution in [2.24, 2.45) is 12.5 Å². The van der Waals surface area contributed by atoms with Crippen LogP contribution in [0.25, 0.3) is 0 Å². The highest BCUT2D eigenvalue weighted by Crippen LogP contribution is 2.22. The summed E-state index contributed by atoms with van der Waals surface area (Å²) in [6.07, 6.45) is 4.85. The molecule has 1 heterocycles. The molecule has 0 radical (unpaired) electrons. The quantitative estimate of drug-likeness (QED) is 0.730. The summed E-state index contributed by atoms with van der Waals surface area (Å²) in [5.41, 5.74) is 0.291. The molecule has 0 amide bonds. The molecule has 0 N–H and O–H groups in total. The van der Waals surface area contributed by atoms with E-state index in [1.807, 2.05) is 19.4 Å². The molecule has 0 fully saturated rings. The Hall–Kier alpha value is -0.310. The zero-order chi connectivity index (χ0) is 9.19. The minimum Gasteiger partial charge on any atom is -0.338 e. The van der Waals surface area contributed by atoms with Crippen molar-refractivity contribution in [3.8, 4) is 0 Å². The molecule has 0 bridgehead atoms. The Morgan fingerprint density at radius 1 is 1.58 bits per heavy atom. The Bertz CT molecular complexity index is 253. The smallest absolute Gasteiger partial charge is 0.108 e. The van der Waals surface area contributed by atoms with Crippen molar-refractivity contribution in [2.75, 3.05) is 5.33 Å². The number of imidazole rings is 1. The lowest BCUT2D eigenvalue weighted by Gasteiger charge is -2.20. The highest BCUT2D eigenvalue weighted by atomic mass is 79.9. The lowest BCUT2D eigenvalue weighted by Crippen LogP contribution is -2.18. The summed E-state index contributed by atoms with van der Waals surface area (Å²) in [7, 11) is 2.03. The third-order valence-corrected chi connectivity index (χ3v) is 3.44. The van der Waals surface area contributed by atoms with Crippen LogP contribution in [0, 0.1) is 5.41 Å². The highest BCUT2D eigenvalue weighted by molar-refractivity contribution is 9.09. The predicted octanol–water partition coefficient (Wildman–Crippen LogP) is 2.38. The van der Waals surface area contributed by atoms with E-state index < -0.39 is 0 Å². The number of aryl methyl sites for hydroxylation is 1. The summed E-state index contributed by atoms with van der Waals surface area (Å²) >= 11 is 3.50. The van der Waals surface area contributed by atoms with Gasteiger partial charge in [-0.1, -0.05) is 29.8 Å². The molecule has 0 aliphatic heterocycles. The Morgan fingerprint density at radius 2 is 2.25 bits per heavy atom. The maximum absolute atomic E-state index is 4.29. The molecule has 0 saturated carbocycles. The molecular formula is C9H15BrN2. The minimum atomic E-state index is 0.291. The molecule has 0 aliphatic rings. The van der Waals surface area contributed by atoms with Gasteiger partial charge in [0.2, 0.25) is 0 Å². The first-order valence-electron chi connectivity index (χ1n) is 4.07.